The lowest BCUT2D eigenvalue weighted by Crippen LogP contribution is -2.03. The van der Waals surface area contributed by atoms with Gasteiger partial charge in [-0.15, -0.1) is 0 Å². The van der Waals surface area contributed by atoms with E-state index in [0.717, 1.165) is 14.8 Å². The van der Waals surface area contributed by atoms with Gasteiger partial charge < -0.3 is 15.2 Å². The fourth-order valence-electron chi connectivity index (χ4n) is 2.23. The van der Waals surface area contributed by atoms with Crippen molar-refractivity contribution in [3.05, 3.63) is 51.1 Å². The molecule has 2 aromatic rings. The average Bonchev–Trinajstić information content (AvgIpc) is 2.77. The summed E-state index contributed by atoms with van der Waals surface area (Å²) >= 11 is 2.21. The number of hydrogen-bond donors (Lipinski definition) is 2. The second-order valence-corrected chi connectivity index (χ2v) is 5.87. The van der Waals surface area contributed by atoms with Gasteiger partial charge in [-0.25, -0.2) is 0 Å². The van der Waals surface area contributed by atoms with Gasteiger partial charge in [0.05, 0.1) is 7.11 Å². The number of halogens is 1. The molecule has 0 saturated carbocycles. The highest BCUT2D eigenvalue weighted by atomic mass is 127. The van der Waals surface area contributed by atoms with Crippen LogP contribution in [0.2, 0.25) is 0 Å². The van der Waals surface area contributed by atoms with Crippen molar-refractivity contribution >= 4 is 45.8 Å². The first kappa shape index (κ1) is 13.9. The number of amides is 1. The molecule has 0 aliphatic carbocycles. The zero-order valence-electron chi connectivity index (χ0n) is 11.2. The van der Waals surface area contributed by atoms with Crippen molar-refractivity contribution in [2.75, 3.05) is 12.4 Å². The van der Waals surface area contributed by atoms with Crippen molar-refractivity contribution < 1.29 is 14.6 Å². The Hall–Kier alpha value is -2.02. The highest BCUT2D eigenvalue weighted by Gasteiger charge is 2.24. The number of hydrogen-bond acceptors (Lipinski definition) is 3. The number of methoxy groups -OCH3 is 1. The molecule has 21 heavy (non-hydrogen) atoms. The van der Waals surface area contributed by atoms with E-state index in [2.05, 4.69) is 27.9 Å². The smallest absolute Gasteiger partial charge is 0.256 e. The molecule has 0 fully saturated rings. The molecule has 0 atom stereocenters. The van der Waals surface area contributed by atoms with Crippen LogP contribution >= 0.6 is 22.6 Å². The van der Waals surface area contributed by atoms with Crippen LogP contribution in [0.5, 0.6) is 11.5 Å². The fraction of sp³-hybridized carbons (Fsp3) is 0.0625. The molecule has 0 spiro atoms. The minimum absolute atomic E-state index is 0.0775. The number of aromatic hydroxyl groups is 1. The first-order valence-electron chi connectivity index (χ1n) is 6.28. The molecule has 1 aliphatic heterocycles. The molecule has 2 N–H and O–H groups in total. The third-order valence-corrected chi connectivity index (χ3v) is 3.97. The van der Waals surface area contributed by atoms with Crippen molar-refractivity contribution in [1.82, 2.24) is 0 Å². The van der Waals surface area contributed by atoms with Gasteiger partial charge in [0.1, 0.15) is 11.5 Å². The molecule has 0 bridgehead atoms. The van der Waals surface area contributed by atoms with Crippen LogP contribution in [-0.2, 0) is 4.79 Å². The molecule has 0 radical (unpaired) electrons. The topological polar surface area (TPSA) is 58.6 Å². The summed E-state index contributed by atoms with van der Waals surface area (Å²) in [4.78, 5) is 12.1. The number of carbonyl (C=O) groups is 1. The predicted molar refractivity (Wildman–Crippen MR) is 90.3 cm³/mol. The Morgan fingerprint density at radius 3 is 2.76 bits per heavy atom. The number of fused-ring (bicyclic) bond motifs is 1. The van der Waals surface area contributed by atoms with E-state index in [-0.39, 0.29) is 11.7 Å². The van der Waals surface area contributed by atoms with Crippen molar-refractivity contribution in [3.8, 4) is 11.5 Å². The number of anilines is 1. The Morgan fingerprint density at radius 1 is 1.24 bits per heavy atom. The van der Waals surface area contributed by atoms with Gasteiger partial charge in [-0.05, 0) is 59.0 Å². The molecule has 1 heterocycles. The van der Waals surface area contributed by atoms with Gasteiger partial charge in [-0.1, -0.05) is 0 Å². The van der Waals surface area contributed by atoms with Gasteiger partial charge in [-0.3, -0.25) is 4.79 Å². The quantitative estimate of drug-likeness (QED) is 0.607. The van der Waals surface area contributed by atoms with Crippen LogP contribution in [0.25, 0.3) is 11.6 Å². The first-order valence-corrected chi connectivity index (χ1v) is 7.36. The second kappa shape index (κ2) is 5.40. The van der Waals surface area contributed by atoms with Crippen LogP contribution in [0.1, 0.15) is 11.1 Å². The molecule has 1 amide bonds. The third-order valence-electron chi connectivity index (χ3n) is 3.30. The molecule has 3 rings (SSSR count). The SMILES string of the molecule is COc1ccc(C=C2C(=O)Nc3ccc(I)cc32)c(O)c1. The number of ether oxygens (including phenoxy) is 1. The molecular formula is C16H12INO3. The number of phenolic OH excluding ortho intramolecular Hbond substituents is 1. The summed E-state index contributed by atoms with van der Waals surface area (Å²) < 4.78 is 6.10. The van der Waals surface area contributed by atoms with E-state index in [1.165, 1.54) is 13.2 Å². The minimum Gasteiger partial charge on any atom is -0.507 e. The van der Waals surface area contributed by atoms with Crippen LogP contribution in [0.15, 0.2) is 36.4 Å². The zero-order valence-corrected chi connectivity index (χ0v) is 13.3. The maximum absolute atomic E-state index is 12.1. The van der Waals surface area contributed by atoms with E-state index in [1.807, 2.05) is 18.2 Å². The van der Waals surface area contributed by atoms with E-state index in [1.54, 1.807) is 18.2 Å². The summed E-state index contributed by atoms with van der Waals surface area (Å²) in [5, 5.41) is 12.8. The van der Waals surface area contributed by atoms with Crippen molar-refractivity contribution in [1.29, 1.82) is 0 Å². The van der Waals surface area contributed by atoms with Gasteiger partial charge in [0.2, 0.25) is 0 Å². The van der Waals surface area contributed by atoms with Gasteiger partial charge in [0.15, 0.2) is 0 Å². The van der Waals surface area contributed by atoms with E-state index in [0.29, 0.717) is 16.9 Å². The number of nitrogens with one attached hydrogen (secondary N) is 1. The molecule has 106 valence electrons. The normalized spacial score (nSPS) is 15.0. The van der Waals surface area contributed by atoms with Crippen LogP contribution in [0, 0.1) is 3.57 Å². The van der Waals surface area contributed by atoms with Crippen LogP contribution in [0.3, 0.4) is 0 Å². The van der Waals surface area contributed by atoms with Crippen LogP contribution in [0.4, 0.5) is 5.69 Å². The largest absolute Gasteiger partial charge is 0.507 e. The molecule has 4 nitrogen and oxygen atoms in total. The number of phenols is 1. The summed E-state index contributed by atoms with van der Waals surface area (Å²) in [5.41, 5.74) is 2.76. The maximum Gasteiger partial charge on any atom is 0.256 e. The Kier molecular flexibility index (Phi) is 3.59. The van der Waals surface area contributed by atoms with E-state index in [4.69, 9.17) is 4.74 Å². The van der Waals surface area contributed by atoms with Crippen LogP contribution < -0.4 is 10.1 Å². The van der Waals surface area contributed by atoms with Gasteiger partial charge >= 0.3 is 0 Å². The van der Waals surface area contributed by atoms with Crippen molar-refractivity contribution in [2.45, 2.75) is 0 Å². The van der Waals surface area contributed by atoms with Crippen LogP contribution in [-0.4, -0.2) is 18.1 Å². The van der Waals surface area contributed by atoms with E-state index >= 15 is 0 Å². The Morgan fingerprint density at radius 2 is 2.05 bits per heavy atom. The summed E-state index contributed by atoms with van der Waals surface area (Å²) in [6.45, 7) is 0. The third kappa shape index (κ3) is 2.61. The Balaban J connectivity index is 2.08. The summed E-state index contributed by atoms with van der Waals surface area (Å²) in [6.07, 6.45) is 1.69. The first-order chi connectivity index (χ1) is 10.1. The molecule has 1 aliphatic rings. The monoisotopic (exact) mass is 393 g/mol. The zero-order chi connectivity index (χ0) is 15.0. The lowest BCUT2D eigenvalue weighted by atomic mass is 10.0. The highest BCUT2D eigenvalue weighted by molar-refractivity contribution is 14.1. The predicted octanol–water partition coefficient (Wildman–Crippen LogP) is 3.50. The van der Waals surface area contributed by atoms with E-state index < -0.39 is 0 Å². The Labute approximate surface area is 135 Å². The molecule has 5 heteroatoms. The summed E-state index contributed by atoms with van der Waals surface area (Å²) in [5.74, 6) is 0.483. The van der Waals surface area contributed by atoms with Crippen molar-refractivity contribution in [3.63, 3.8) is 0 Å². The van der Waals surface area contributed by atoms with E-state index in [9.17, 15) is 9.90 Å². The van der Waals surface area contributed by atoms with Gasteiger partial charge in [0.25, 0.3) is 5.91 Å². The average molecular weight is 393 g/mol. The summed E-state index contributed by atoms with van der Waals surface area (Å²) in [6, 6.07) is 10.8. The molecule has 0 saturated heterocycles. The standard InChI is InChI=1S/C16H12INO3/c1-21-11-4-2-9(15(19)8-11)6-13-12-7-10(17)3-5-14(12)18-16(13)20/h2-8,19H,1H3,(H,18,20). The van der Waals surface area contributed by atoms with Gasteiger partial charge in [-0.2, -0.15) is 0 Å². The summed E-state index contributed by atoms with van der Waals surface area (Å²) in [7, 11) is 1.54. The lowest BCUT2D eigenvalue weighted by molar-refractivity contribution is -0.110. The number of benzene rings is 2. The fourth-order valence-corrected chi connectivity index (χ4v) is 2.72. The van der Waals surface area contributed by atoms with Crippen molar-refractivity contribution in [2.24, 2.45) is 0 Å². The number of rotatable bonds is 2. The maximum atomic E-state index is 12.1. The minimum atomic E-state index is -0.165. The highest BCUT2D eigenvalue weighted by Crippen LogP contribution is 2.35. The molecule has 0 unspecified atom stereocenters. The molecule has 0 aromatic heterocycles. The molecule has 2 aromatic carbocycles. The van der Waals surface area contributed by atoms with Gasteiger partial charge in [0, 0.05) is 32.0 Å². The Bertz CT molecular complexity index is 768. The molecular weight excluding hydrogens is 381 g/mol. The lowest BCUT2D eigenvalue weighted by Gasteiger charge is -2.04. The number of carbonyl (C=O) groups excluding carboxylic acids is 1. The second-order valence-electron chi connectivity index (χ2n) is 4.63.